The maximum atomic E-state index is 13.0. The summed E-state index contributed by atoms with van der Waals surface area (Å²) in [7, 11) is 0. The minimum atomic E-state index is -1.39. The third kappa shape index (κ3) is 4.41. The monoisotopic (exact) mass is 305 g/mol. The summed E-state index contributed by atoms with van der Waals surface area (Å²) in [5.74, 6) is -1.04. The van der Waals surface area contributed by atoms with Crippen LogP contribution in [0.4, 0.5) is 4.39 Å². The molecule has 0 radical (unpaired) electrons. The molecule has 1 aromatic carbocycles. The number of amides is 1. The van der Waals surface area contributed by atoms with Crippen LogP contribution in [0.2, 0.25) is 0 Å². The van der Waals surface area contributed by atoms with E-state index < -0.39 is 23.9 Å². The van der Waals surface area contributed by atoms with Crippen LogP contribution in [0.1, 0.15) is 17.3 Å². The van der Waals surface area contributed by atoms with Gasteiger partial charge in [0.05, 0.1) is 6.61 Å². The van der Waals surface area contributed by atoms with Gasteiger partial charge in [0.25, 0.3) is 5.91 Å². The minimum absolute atomic E-state index is 0.115. The van der Waals surface area contributed by atoms with Crippen LogP contribution >= 0.6 is 15.9 Å². The van der Waals surface area contributed by atoms with E-state index in [1.165, 1.54) is 19.1 Å². The minimum Gasteiger partial charge on any atom is -0.393 e. The largest absolute Gasteiger partial charge is 0.393 e. The van der Waals surface area contributed by atoms with E-state index in [-0.39, 0.29) is 12.1 Å². The number of benzene rings is 1. The van der Waals surface area contributed by atoms with Gasteiger partial charge in [-0.3, -0.25) is 4.79 Å². The lowest BCUT2D eigenvalue weighted by molar-refractivity contribution is 0.00320. The van der Waals surface area contributed by atoms with Crippen molar-refractivity contribution in [3.8, 4) is 0 Å². The van der Waals surface area contributed by atoms with Crippen molar-refractivity contribution in [2.24, 2.45) is 0 Å². The van der Waals surface area contributed by atoms with E-state index >= 15 is 0 Å². The molecular weight excluding hydrogens is 293 g/mol. The number of nitrogens with one attached hydrogen (secondary N) is 1. The Morgan fingerprint density at radius 3 is 2.71 bits per heavy atom. The van der Waals surface area contributed by atoms with Crippen molar-refractivity contribution in [2.75, 3.05) is 13.2 Å². The van der Waals surface area contributed by atoms with E-state index in [1.54, 1.807) is 0 Å². The molecule has 0 bridgehead atoms. The number of hydrogen-bond acceptors (Lipinski definition) is 3. The number of rotatable bonds is 4. The summed E-state index contributed by atoms with van der Waals surface area (Å²) in [6.45, 7) is 0.797. The molecule has 0 heterocycles. The van der Waals surface area contributed by atoms with Crippen LogP contribution in [-0.4, -0.2) is 34.9 Å². The molecule has 1 aromatic rings. The lowest BCUT2D eigenvalue weighted by atomic mass is 10.1. The van der Waals surface area contributed by atoms with Crippen molar-refractivity contribution < 1.29 is 19.4 Å². The predicted octanol–water partition coefficient (Wildman–Crippen LogP) is 1.06. The van der Waals surface area contributed by atoms with E-state index in [0.717, 1.165) is 6.07 Å². The van der Waals surface area contributed by atoms with Gasteiger partial charge >= 0.3 is 0 Å². The van der Waals surface area contributed by atoms with E-state index in [0.29, 0.717) is 4.47 Å². The zero-order valence-corrected chi connectivity index (χ0v) is 10.8. The second kappa shape index (κ2) is 5.57. The van der Waals surface area contributed by atoms with E-state index in [2.05, 4.69) is 21.2 Å². The van der Waals surface area contributed by atoms with Gasteiger partial charge in [-0.2, -0.15) is 0 Å². The molecule has 6 heteroatoms. The quantitative estimate of drug-likeness (QED) is 0.779. The highest BCUT2D eigenvalue weighted by molar-refractivity contribution is 9.10. The number of carbonyl (C=O) groups is 1. The number of halogens is 2. The van der Waals surface area contributed by atoms with Crippen molar-refractivity contribution in [3.05, 3.63) is 34.1 Å². The summed E-state index contributed by atoms with van der Waals surface area (Å²) >= 11 is 3.08. The molecule has 0 aromatic heterocycles. The van der Waals surface area contributed by atoms with Crippen molar-refractivity contribution in [1.82, 2.24) is 5.32 Å². The summed E-state index contributed by atoms with van der Waals surface area (Å²) in [5, 5.41) is 20.7. The van der Waals surface area contributed by atoms with E-state index in [4.69, 9.17) is 5.11 Å². The first-order valence-electron chi connectivity index (χ1n) is 4.91. The van der Waals surface area contributed by atoms with Gasteiger partial charge in [-0.25, -0.2) is 4.39 Å². The second-order valence-electron chi connectivity index (χ2n) is 4.00. The fourth-order valence-corrected chi connectivity index (χ4v) is 1.58. The third-order valence-electron chi connectivity index (χ3n) is 2.10. The Hall–Kier alpha value is -0.980. The normalized spacial score (nSPS) is 14.2. The van der Waals surface area contributed by atoms with Gasteiger partial charge in [-0.1, -0.05) is 15.9 Å². The molecule has 1 rings (SSSR count). The molecule has 0 spiro atoms. The van der Waals surface area contributed by atoms with Gasteiger partial charge in [-0.15, -0.1) is 0 Å². The molecule has 0 aliphatic carbocycles. The van der Waals surface area contributed by atoms with E-state index in [1.807, 2.05) is 0 Å². The molecule has 17 heavy (non-hydrogen) atoms. The summed E-state index contributed by atoms with van der Waals surface area (Å²) in [4.78, 5) is 11.6. The van der Waals surface area contributed by atoms with Crippen molar-refractivity contribution >= 4 is 21.8 Å². The topological polar surface area (TPSA) is 69.6 Å². The molecule has 1 amide bonds. The van der Waals surface area contributed by atoms with Crippen LogP contribution in [0, 0.1) is 5.82 Å². The van der Waals surface area contributed by atoms with E-state index in [9.17, 15) is 14.3 Å². The Kier molecular flexibility index (Phi) is 4.62. The average Bonchev–Trinajstić information content (AvgIpc) is 2.24. The molecule has 0 fully saturated rings. The number of hydrogen-bond donors (Lipinski definition) is 3. The van der Waals surface area contributed by atoms with Crippen molar-refractivity contribution in [2.45, 2.75) is 12.5 Å². The number of carbonyl (C=O) groups excluding carboxylic acids is 1. The number of aliphatic hydroxyl groups is 2. The molecule has 1 unspecified atom stereocenters. The zero-order chi connectivity index (χ0) is 13.1. The molecule has 3 N–H and O–H groups in total. The molecular formula is C11H13BrFNO3. The fraction of sp³-hybridized carbons (Fsp3) is 0.364. The number of aliphatic hydroxyl groups excluding tert-OH is 1. The fourth-order valence-electron chi connectivity index (χ4n) is 1.11. The van der Waals surface area contributed by atoms with Gasteiger partial charge in [0.1, 0.15) is 11.4 Å². The Labute approximate surface area is 107 Å². The highest BCUT2D eigenvalue weighted by Crippen LogP contribution is 2.14. The molecule has 4 nitrogen and oxygen atoms in total. The lowest BCUT2D eigenvalue weighted by Crippen LogP contribution is -2.43. The highest BCUT2D eigenvalue weighted by Gasteiger charge is 2.20. The van der Waals surface area contributed by atoms with Gasteiger partial charge in [0.2, 0.25) is 0 Å². The van der Waals surface area contributed by atoms with Crippen LogP contribution < -0.4 is 5.32 Å². The van der Waals surface area contributed by atoms with Crippen LogP contribution in [0.15, 0.2) is 22.7 Å². The Balaban J connectivity index is 2.70. The molecule has 0 aliphatic heterocycles. The van der Waals surface area contributed by atoms with Crippen molar-refractivity contribution in [1.29, 1.82) is 0 Å². The highest BCUT2D eigenvalue weighted by atomic mass is 79.9. The molecule has 94 valence electrons. The summed E-state index contributed by atoms with van der Waals surface area (Å²) in [6, 6.07) is 3.79. The third-order valence-corrected chi connectivity index (χ3v) is 2.55. The Morgan fingerprint density at radius 1 is 1.53 bits per heavy atom. The maximum Gasteiger partial charge on any atom is 0.251 e. The average molecular weight is 306 g/mol. The first-order chi connectivity index (χ1) is 7.84. The summed E-state index contributed by atoms with van der Waals surface area (Å²) < 4.78 is 13.5. The Bertz CT molecular complexity index is 403. The van der Waals surface area contributed by atoms with Gasteiger partial charge in [-0.05, 0) is 25.1 Å². The van der Waals surface area contributed by atoms with Crippen LogP contribution in [0.5, 0.6) is 0 Å². The molecule has 0 saturated heterocycles. The zero-order valence-electron chi connectivity index (χ0n) is 9.20. The predicted molar refractivity (Wildman–Crippen MR) is 64.1 cm³/mol. The first-order valence-corrected chi connectivity index (χ1v) is 5.71. The molecule has 0 aliphatic rings. The summed E-state index contributed by atoms with van der Waals surface area (Å²) in [5.41, 5.74) is -1.24. The van der Waals surface area contributed by atoms with Gasteiger partial charge in [0, 0.05) is 16.6 Å². The second-order valence-corrected chi connectivity index (χ2v) is 4.91. The first kappa shape index (κ1) is 14.1. The Morgan fingerprint density at radius 2 is 2.18 bits per heavy atom. The molecule has 1 atom stereocenters. The van der Waals surface area contributed by atoms with Crippen LogP contribution in [0.25, 0.3) is 0 Å². The van der Waals surface area contributed by atoms with Gasteiger partial charge in [0.15, 0.2) is 0 Å². The summed E-state index contributed by atoms with van der Waals surface area (Å²) in [6.07, 6.45) is 0. The SMILES string of the molecule is CC(O)(CO)CNC(=O)c1cc(F)cc(Br)c1. The van der Waals surface area contributed by atoms with Crippen LogP contribution in [-0.2, 0) is 0 Å². The lowest BCUT2D eigenvalue weighted by Gasteiger charge is -2.20. The van der Waals surface area contributed by atoms with Crippen LogP contribution in [0.3, 0.4) is 0 Å². The standard InChI is InChI=1S/C11H13BrFNO3/c1-11(17,6-15)5-14-10(16)7-2-8(12)4-9(13)3-7/h2-4,15,17H,5-6H2,1H3,(H,14,16). The molecule has 0 saturated carbocycles. The smallest absolute Gasteiger partial charge is 0.251 e. The maximum absolute atomic E-state index is 13.0. The van der Waals surface area contributed by atoms with Gasteiger partial charge < -0.3 is 15.5 Å². The van der Waals surface area contributed by atoms with Crippen molar-refractivity contribution in [3.63, 3.8) is 0 Å².